The number of quaternary nitrogens is 1. The fourth-order valence-electron chi connectivity index (χ4n) is 1.77. The lowest BCUT2D eigenvalue weighted by Crippen LogP contribution is -2.37. The highest BCUT2D eigenvalue weighted by Crippen LogP contribution is 2.15. The number of allylic oxidation sites excluding steroid dienone is 1. The number of hydrogen-bond donors (Lipinski definition) is 1. The third kappa shape index (κ3) is 5.36. The molecular formula is C14H23N4O2+. The van der Waals surface area contributed by atoms with E-state index in [2.05, 4.69) is 31.6 Å². The monoisotopic (exact) mass is 279 g/mol. The summed E-state index contributed by atoms with van der Waals surface area (Å²) in [5.74, 6) is -0.132. The Morgan fingerprint density at radius 3 is 2.75 bits per heavy atom. The van der Waals surface area contributed by atoms with E-state index in [-0.39, 0.29) is 5.91 Å². The van der Waals surface area contributed by atoms with Gasteiger partial charge in [-0.25, -0.2) is 0 Å². The van der Waals surface area contributed by atoms with Crippen LogP contribution >= 0.6 is 0 Å². The normalized spacial score (nSPS) is 17.1. The minimum absolute atomic E-state index is 0.132. The molecule has 1 aliphatic rings. The minimum atomic E-state index is -0.132. The number of nitrogens with one attached hydrogen (secondary N) is 1. The molecule has 0 unspecified atom stereocenters. The Balaban J connectivity index is 2.52. The van der Waals surface area contributed by atoms with Crippen molar-refractivity contribution in [2.24, 2.45) is 5.18 Å². The van der Waals surface area contributed by atoms with E-state index in [1.807, 2.05) is 0 Å². The first-order valence-corrected chi connectivity index (χ1v) is 6.57. The molecule has 0 atom stereocenters. The third-order valence-electron chi connectivity index (χ3n) is 2.93. The maximum Gasteiger partial charge on any atom is 0.251 e. The highest BCUT2D eigenvalue weighted by Gasteiger charge is 2.13. The molecule has 1 N–H and O–H groups in total. The van der Waals surface area contributed by atoms with Gasteiger partial charge in [-0.05, 0) is 17.3 Å². The van der Waals surface area contributed by atoms with Gasteiger partial charge in [-0.1, -0.05) is 0 Å². The second kappa shape index (κ2) is 7.00. The summed E-state index contributed by atoms with van der Waals surface area (Å²) in [5, 5.41) is 5.62. The molecule has 0 aromatic carbocycles. The Kier molecular flexibility index (Phi) is 5.64. The number of nitrogens with zero attached hydrogens (tertiary/aromatic N) is 3. The zero-order valence-electron chi connectivity index (χ0n) is 12.6. The van der Waals surface area contributed by atoms with Crippen molar-refractivity contribution in [2.45, 2.75) is 6.42 Å². The quantitative estimate of drug-likeness (QED) is 0.451. The molecule has 6 nitrogen and oxygen atoms in total. The summed E-state index contributed by atoms with van der Waals surface area (Å²) in [5.41, 5.74) is 1.13. The lowest BCUT2D eigenvalue weighted by molar-refractivity contribution is -0.870. The number of rotatable bonds is 6. The number of carbonyl (C=O) groups is 1. The topological polar surface area (TPSA) is 61.8 Å². The van der Waals surface area contributed by atoms with Crippen LogP contribution in [-0.2, 0) is 4.79 Å². The summed E-state index contributed by atoms with van der Waals surface area (Å²) in [6, 6.07) is 0. The SMILES string of the molecule is CN1C=CC(C(=O)NCCC[N+](C)(C)C)=C/C1=C/N=O. The molecule has 0 saturated heterocycles. The predicted molar refractivity (Wildman–Crippen MR) is 79.4 cm³/mol. The van der Waals surface area contributed by atoms with E-state index in [1.165, 1.54) is 6.20 Å². The van der Waals surface area contributed by atoms with Crippen molar-refractivity contribution >= 4 is 5.91 Å². The van der Waals surface area contributed by atoms with Crippen molar-refractivity contribution in [2.75, 3.05) is 41.3 Å². The van der Waals surface area contributed by atoms with Gasteiger partial charge in [0.25, 0.3) is 5.91 Å². The van der Waals surface area contributed by atoms with E-state index in [0.29, 0.717) is 17.8 Å². The second-order valence-corrected chi connectivity index (χ2v) is 5.81. The number of amides is 1. The Morgan fingerprint density at radius 1 is 1.45 bits per heavy atom. The van der Waals surface area contributed by atoms with E-state index in [9.17, 15) is 9.70 Å². The molecule has 1 rings (SSSR count). The molecule has 1 amide bonds. The van der Waals surface area contributed by atoms with Crippen LogP contribution in [-0.4, -0.2) is 56.6 Å². The molecule has 0 bridgehead atoms. The third-order valence-corrected chi connectivity index (χ3v) is 2.93. The van der Waals surface area contributed by atoms with Gasteiger partial charge in [0.05, 0.1) is 39.6 Å². The smallest absolute Gasteiger partial charge is 0.251 e. The van der Waals surface area contributed by atoms with Gasteiger partial charge in [-0.15, -0.1) is 4.91 Å². The van der Waals surface area contributed by atoms with Crippen LogP contribution < -0.4 is 5.32 Å². The van der Waals surface area contributed by atoms with Gasteiger partial charge in [0.15, 0.2) is 0 Å². The molecule has 1 heterocycles. The van der Waals surface area contributed by atoms with Crippen LogP contribution in [0.15, 0.2) is 41.0 Å². The summed E-state index contributed by atoms with van der Waals surface area (Å²) >= 11 is 0. The van der Waals surface area contributed by atoms with Gasteiger partial charge in [0, 0.05) is 31.8 Å². The largest absolute Gasteiger partial charge is 0.352 e. The van der Waals surface area contributed by atoms with Crippen LogP contribution in [0.25, 0.3) is 0 Å². The standard InChI is InChI=1S/C14H22N4O2/c1-17-8-6-12(10-13(17)11-16-20)14(19)15-7-5-9-18(2,3)4/h6,8,10-11H,5,7,9H2,1-4H3/p+1/b13-11-. The molecule has 0 aromatic rings. The summed E-state index contributed by atoms with van der Waals surface area (Å²) in [6.07, 6.45) is 7.21. The highest BCUT2D eigenvalue weighted by atomic mass is 16.2. The average Bonchev–Trinajstić information content (AvgIpc) is 2.36. The number of carbonyl (C=O) groups excluding carboxylic acids is 1. The first kappa shape index (κ1) is 16.1. The lowest BCUT2D eigenvalue weighted by atomic mass is 10.1. The molecule has 110 valence electrons. The second-order valence-electron chi connectivity index (χ2n) is 5.81. The lowest BCUT2D eigenvalue weighted by Gasteiger charge is -2.24. The molecule has 0 saturated carbocycles. The number of likely N-dealkylation sites (N-methyl/N-ethyl adjacent to an activating group) is 1. The molecule has 1 aliphatic heterocycles. The fourth-order valence-corrected chi connectivity index (χ4v) is 1.77. The fraction of sp³-hybridized carbons (Fsp3) is 0.500. The van der Waals surface area contributed by atoms with Gasteiger partial charge in [0.2, 0.25) is 0 Å². The van der Waals surface area contributed by atoms with E-state index in [1.54, 1.807) is 30.3 Å². The molecule has 6 heteroatoms. The van der Waals surface area contributed by atoms with Gasteiger partial charge in [-0.3, -0.25) is 4.79 Å². The van der Waals surface area contributed by atoms with Gasteiger partial charge < -0.3 is 14.7 Å². The van der Waals surface area contributed by atoms with Crippen LogP contribution in [0.1, 0.15) is 6.42 Å². The van der Waals surface area contributed by atoms with E-state index in [4.69, 9.17) is 0 Å². The van der Waals surface area contributed by atoms with Gasteiger partial charge in [0.1, 0.15) is 0 Å². The van der Waals surface area contributed by atoms with Crippen LogP contribution in [0.2, 0.25) is 0 Å². The molecule has 0 aliphatic carbocycles. The van der Waals surface area contributed by atoms with Crippen molar-refractivity contribution in [3.63, 3.8) is 0 Å². The van der Waals surface area contributed by atoms with Crippen molar-refractivity contribution in [1.29, 1.82) is 0 Å². The van der Waals surface area contributed by atoms with Crippen LogP contribution in [0.4, 0.5) is 0 Å². The summed E-state index contributed by atoms with van der Waals surface area (Å²) < 4.78 is 0.876. The van der Waals surface area contributed by atoms with Crippen molar-refractivity contribution in [3.8, 4) is 0 Å². The molecule has 0 radical (unpaired) electrons. The maximum atomic E-state index is 12.0. The molecule has 0 aromatic heterocycles. The predicted octanol–water partition coefficient (Wildman–Crippen LogP) is 1.19. The van der Waals surface area contributed by atoms with E-state index >= 15 is 0 Å². The minimum Gasteiger partial charge on any atom is -0.352 e. The zero-order chi connectivity index (χ0) is 15.2. The van der Waals surface area contributed by atoms with E-state index in [0.717, 1.165) is 17.4 Å². The maximum absolute atomic E-state index is 12.0. The van der Waals surface area contributed by atoms with Crippen LogP contribution in [0.3, 0.4) is 0 Å². The Bertz CT molecular complexity index is 458. The first-order valence-electron chi connectivity index (χ1n) is 6.57. The van der Waals surface area contributed by atoms with Gasteiger partial charge in [-0.2, -0.15) is 0 Å². The molecular weight excluding hydrogens is 256 g/mol. The van der Waals surface area contributed by atoms with Crippen molar-refractivity contribution < 1.29 is 9.28 Å². The number of nitroso groups, excluding NO2 is 1. The Hall–Kier alpha value is -1.95. The van der Waals surface area contributed by atoms with E-state index < -0.39 is 0 Å². The Morgan fingerprint density at radius 2 is 2.15 bits per heavy atom. The number of hydrogen-bond acceptors (Lipinski definition) is 4. The average molecular weight is 279 g/mol. The highest BCUT2D eigenvalue weighted by molar-refractivity contribution is 5.96. The zero-order valence-corrected chi connectivity index (χ0v) is 12.6. The van der Waals surface area contributed by atoms with Crippen molar-refractivity contribution in [1.82, 2.24) is 10.2 Å². The first-order chi connectivity index (χ1) is 9.33. The molecule has 0 fully saturated rings. The summed E-state index contributed by atoms with van der Waals surface area (Å²) in [6.45, 7) is 1.64. The molecule has 0 spiro atoms. The molecule has 20 heavy (non-hydrogen) atoms. The summed E-state index contributed by atoms with van der Waals surface area (Å²) in [4.78, 5) is 24.0. The van der Waals surface area contributed by atoms with Crippen LogP contribution in [0.5, 0.6) is 0 Å². The Labute approximate surface area is 120 Å². The van der Waals surface area contributed by atoms with Crippen molar-refractivity contribution in [3.05, 3.63) is 40.7 Å². The summed E-state index contributed by atoms with van der Waals surface area (Å²) in [7, 11) is 8.15. The van der Waals surface area contributed by atoms with Gasteiger partial charge >= 0.3 is 0 Å². The van der Waals surface area contributed by atoms with Crippen LogP contribution in [0, 0.1) is 4.91 Å².